The van der Waals surface area contributed by atoms with Crippen LogP contribution in [0.15, 0.2) is 30.9 Å². The van der Waals surface area contributed by atoms with Crippen LogP contribution in [0.2, 0.25) is 0 Å². The predicted molar refractivity (Wildman–Crippen MR) is 90.3 cm³/mol. The third kappa shape index (κ3) is 3.90. The highest BCUT2D eigenvalue weighted by Gasteiger charge is 2.33. The van der Waals surface area contributed by atoms with E-state index in [1.165, 1.54) is 11.0 Å². The lowest BCUT2D eigenvalue weighted by atomic mass is 10.2. The van der Waals surface area contributed by atoms with Crippen molar-refractivity contribution >= 4 is 23.4 Å². The second-order valence-electron chi connectivity index (χ2n) is 5.80. The molecule has 1 aromatic carbocycles. The molecule has 0 saturated carbocycles. The minimum Gasteiger partial charge on any atom is -0.442 e. The van der Waals surface area contributed by atoms with Gasteiger partial charge in [0.15, 0.2) is 0 Å². The Balaban J connectivity index is 1.67. The molecule has 0 radical (unpaired) electrons. The lowest BCUT2D eigenvalue weighted by molar-refractivity contribution is -0.116. The van der Waals surface area contributed by atoms with Crippen molar-refractivity contribution in [2.45, 2.75) is 6.10 Å². The Bertz CT molecular complexity index is 676. The fraction of sp³-hybridized carbons (Fsp3) is 0.412. The number of morpholine rings is 1. The molecule has 8 heteroatoms. The Kier molecular flexibility index (Phi) is 5.18. The molecule has 0 bridgehead atoms. The van der Waals surface area contributed by atoms with Gasteiger partial charge in [0, 0.05) is 13.1 Å². The molecule has 1 atom stereocenters. The van der Waals surface area contributed by atoms with Crippen LogP contribution in [0.25, 0.3) is 0 Å². The minimum atomic E-state index is -0.559. The number of benzene rings is 1. The monoisotopic (exact) mass is 349 g/mol. The number of nitrogens with zero attached hydrogens (tertiary/aromatic N) is 2. The number of hydrogen-bond acceptors (Lipinski definition) is 5. The number of rotatable bonds is 5. The number of cyclic esters (lactones) is 1. The van der Waals surface area contributed by atoms with Gasteiger partial charge in [0.1, 0.15) is 11.9 Å². The van der Waals surface area contributed by atoms with E-state index in [2.05, 4.69) is 11.9 Å². The lowest BCUT2D eigenvalue weighted by Gasteiger charge is -2.29. The van der Waals surface area contributed by atoms with Crippen LogP contribution < -0.4 is 15.1 Å². The highest BCUT2D eigenvalue weighted by Crippen LogP contribution is 2.28. The van der Waals surface area contributed by atoms with Crippen LogP contribution in [-0.4, -0.2) is 57.5 Å². The summed E-state index contributed by atoms with van der Waals surface area (Å²) < 4.78 is 25.0. The summed E-state index contributed by atoms with van der Waals surface area (Å²) in [6.45, 7) is 6.18. The summed E-state index contributed by atoms with van der Waals surface area (Å²) in [5.41, 5.74) is 0.923. The summed E-state index contributed by atoms with van der Waals surface area (Å²) in [7, 11) is 0. The van der Waals surface area contributed by atoms with Crippen LogP contribution in [0.3, 0.4) is 0 Å². The van der Waals surface area contributed by atoms with Crippen molar-refractivity contribution < 1.29 is 23.5 Å². The van der Waals surface area contributed by atoms with Gasteiger partial charge in [-0.15, -0.1) is 0 Å². The van der Waals surface area contributed by atoms with Gasteiger partial charge < -0.3 is 19.7 Å². The van der Waals surface area contributed by atoms with Gasteiger partial charge in [0.25, 0.3) is 0 Å². The van der Waals surface area contributed by atoms with Crippen LogP contribution in [0.5, 0.6) is 0 Å². The van der Waals surface area contributed by atoms with Crippen LogP contribution in [0, 0.1) is 5.82 Å². The topological polar surface area (TPSA) is 71.1 Å². The first kappa shape index (κ1) is 17.2. The van der Waals surface area contributed by atoms with Gasteiger partial charge in [-0.05, 0) is 24.3 Å². The highest BCUT2D eigenvalue weighted by molar-refractivity contribution is 5.90. The van der Waals surface area contributed by atoms with Gasteiger partial charge in [-0.1, -0.05) is 6.58 Å². The molecule has 0 spiro atoms. The summed E-state index contributed by atoms with van der Waals surface area (Å²) in [5, 5.41) is 2.58. The van der Waals surface area contributed by atoms with E-state index < -0.39 is 18.0 Å². The highest BCUT2D eigenvalue weighted by atomic mass is 19.1. The number of ether oxygens (including phenoxy) is 2. The van der Waals surface area contributed by atoms with Gasteiger partial charge in [-0.3, -0.25) is 9.69 Å². The largest absolute Gasteiger partial charge is 0.442 e. The van der Waals surface area contributed by atoms with Gasteiger partial charge >= 0.3 is 6.09 Å². The fourth-order valence-electron chi connectivity index (χ4n) is 2.85. The molecule has 2 heterocycles. The number of carbonyl (C=O) groups excluding carboxylic acids is 2. The van der Waals surface area contributed by atoms with Crippen molar-refractivity contribution in [3.05, 3.63) is 36.7 Å². The molecule has 3 rings (SSSR count). The number of amides is 2. The lowest BCUT2D eigenvalue weighted by Crippen LogP contribution is -2.36. The number of hydrogen-bond donors (Lipinski definition) is 1. The molecular weight excluding hydrogens is 329 g/mol. The molecule has 2 aliphatic heterocycles. The van der Waals surface area contributed by atoms with Crippen molar-refractivity contribution in [3.8, 4) is 0 Å². The number of anilines is 2. The SMILES string of the molecule is C=CC(=O)NC[C@H]1CN(c2ccc(N3CCOCC3)c(F)c2)C(=O)O1. The fourth-order valence-corrected chi connectivity index (χ4v) is 2.85. The molecule has 1 aromatic rings. The molecule has 2 fully saturated rings. The van der Waals surface area contributed by atoms with E-state index in [-0.39, 0.29) is 19.0 Å². The summed E-state index contributed by atoms with van der Waals surface area (Å²) in [6.07, 6.45) is 0.101. The molecular formula is C17H20FN3O4. The van der Waals surface area contributed by atoms with Gasteiger partial charge in [-0.2, -0.15) is 0 Å². The summed E-state index contributed by atoms with van der Waals surface area (Å²) >= 11 is 0. The van der Waals surface area contributed by atoms with Crippen molar-refractivity contribution in [3.63, 3.8) is 0 Å². The smallest absolute Gasteiger partial charge is 0.414 e. The Hall–Kier alpha value is -2.61. The standard InChI is InChI=1S/C17H20FN3O4/c1-2-16(22)19-10-13-11-21(17(23)25-13)12-3-4-15(14(18)9-12)20-5-7-24-8-6-20/h2-4,9,13H,1,5-8,10-11H2,(H,19,22)/t13-/m0/s1. The molecule has 0 aliphatic carbocycles. The quantitative estimate of drug-likeness (QED) is 0.811. The maximum Gasteiger partial charge on any atom is 0.414 e. The Morgan fingerprint density at radius 3 is 2.84 bits per heavy atom. The average molecular weight is 349 g/mol. The first-order valence-corrected chi connectivity index (χ1v) is 8.09. The maximum atomic E-state index is 14.5. The third-order valence-electron chi connectivity index (χ3n) is 4.16. The minimum absolute atomic E-state index is 0.182. The first-order valence-electron chi connectivity index (χ1n) is 8.09. The molecule has 2 amide bonds. The van der Waals surface area contributed by atoms with Crippen LogP contribution in [0.4, 0.5) is 20.6 Å². The molecule has 2 saturated heterocycles. The van der Waals surface area contributed by atoms with E-state index >= 15 is 0 Å². The van der Waals surface area contributed by atoms with E-state index in [1.807, 2.05) is 4.90 Å². The zero-order valence-corrected chi connectivity index (χ0v) is 13.7. The molecule has 25 heavy (non-hydrogen) atoms. The zero-order valence-electron chi connectivity index (χ0n) is 13.7. The van der Waals surface area contributed by atoms with E-state index in [0.717, 1.165) is 6.08 Å². The van der Waals surface area contributed by atoms with Crippen molar-refractivity contribution in [1.29, 1.82) is 0 Å². The van der Waals surface area contributed by atoms with Crippen molar-refractivity contribution in [2.75, 3.05) is 49.2 Å². The van der Waals surface area contributed by atoms with Crippen LogP contribution >= 0.6 is 0 Å². The molecule has 2 aliphatic rings. The average Bonchev–Trinajstić information content (AvgIpc) is 3.01. The summed E-state index contributed by atoms with van der Waals surface area (Å²) in [5.74, 6) is -0.731. The third-order valence-corrected chi connectivity index (χ3v) is 4.16. The Morgan fingerprint density at radius 2 is 2.16 bits per heavy atom. The van der Waals surface area contributed by atoms with Gasteiger partial charge in [-0.25, -0.2) is 9.18 Å². The van der Waals surface area contributed by atoms with Gasteiger partial charge in [0.2, 0.25) is 5.91 Å². The predicted octanol–water partition coefficient (Wildman–Crippen LogP) is 1.29. The molecule has 0 unspecified atom stereocenters. The van der Waals surface area contributed by atoms with E-state index in [1.54, 1.807) is 12.1 Å². The summed E-state index contributed by atoms with van der Waals surface area (Å²) in [6, 6.07) is 4.69. The molecule has 0 aromatic heterocycles. The van der Waals surface area contributed by atoms with Crippen molar-refractivity contribution in [2.24, 2.45) is 0 Å². The normalized spacial score (nSPS) is 20.4. The van der Waals surface area contributed by atoms with E-state index in [9.17, 15) is 14.0 Å². The zero-order chi connectivity index (χ0) is 17.8. The van der Waals surface area contributed by atoms with Crippen molar-refractivity contribution in [1.82, 2.24) is 5.32 Å². The van der Waals surface area contributed by atoms with Gasteiger partial charge in [0.05, 0.1) is 37.7 Å². The Labute approximate surface area is 145 Å². The molecule has 7 nitrogen and oxygen atoms in total. The second kappa shape index (κ2) is 7.52. The van der Waals surface area contributed by atoms with Crippen LogP contribution in [-0.2, 0) is 14.3 Å². The molecule has 134 valence electrons. The first-order chi connectivity index (χ1) is 12.1. The number of nitrogens with one attached hydrogen (secondary N) is 1. The summed E-state index contributed by atoms with van der Waals surface area (Å²) in [4.78, 5) is 26.5. The van der Waals surface area contributed by atoms with Crippen LogP contribution in [0.1, 0.15) is 0 Å². The Morgan fingerprint density at radius 1 is 1.40 bits per heavy atom. The second-order valence-corrected chi connectivity index (χ2v) is 5.80. The number of halogens is 1. The maximum absolute atomic E-state index is 14.5. The van der Waals surface area contributed by atoms with E-state index in [4.69, 9.17) is 9.47 Å². The van der Waals surface area contributed by atoms with E-state index in [0.29, 0.717) is 37.7 Å². The number of carbonyl (C=O) groups is 2. The molecule has 1 N–H and O–H groups in total.